The SMILES string of the molecule is O=CCCCCCCCCCCNC(=O)CCNC(=O)C[N+]12CCC(CC(=O)O)CC[N+]3(CC(=O)O)CC[N+](CC(=O)O)(CC1)C32. The molecular formula is C32H56N5O9+3. The number of carboxylic acids is 3. The zero-order valence-electron chi connectivity index (χ0n) is 27.3. The van der Waals surface area contributed by atoms with Crippen LogP contribution in [0.3, 0.4) is 0 Å². The minimum absolute atomic E-state index is 0.0302. The zero-order valence-corrected chi connectivity index (χ0v) is 27.3. The molecule has 0 aromatic heterocycles. The molecule has 0 aromatic rings. The number of hydrogen-bond acceptors (Lipinski definition) is 6. The van der Waals surface area contributed by atoms with Crippen molar-refractivity contribution < 1.29 is 57.5 Å². The number of carbonyl (C=O) groups excluding carboxylic acids is 3. The van der Waals surface area contributed by atoms with Gasteiger partial charge in [0.1, 0.15) is 32.5 Å². The number of aldehydes is 1. The second kappa shape index (κ2) is 17.7. The molecule has 3 aliphatic rings. The summed E-state index contributed by atoms with van der Waals surface area (Å²) < 4.78 is 0.604. The van der Waals surface area contributed by atoms with Crippen LogP contribution in [0.5, 0.6) is 0 Å². The molecule has 0 bridgehead atoms. The fraction of sp³-hybridized carbons (Fsp3) is 0.812. The molecule has 260 valence electrons. The third-order valence-corrected chi connectivity index (χ3v) is 10.5. The van der Waals surface area contributed by atoms with Crippen LogP contribution >= 0.6 is 0 Å². The molecule has 3 heterocycles. The monoisotopic (exact) mass is 654 g/mol. The molecule has 0 aliphatic carbocycles. The summed E-state index contributed by atoms with van der Waals surface area (Å²) in [5.74, 6) is -3.44. The molecule has 0 saturated carbocycles. The van der Waals surface area contributed by atoms with Crippen molar-refractivity contribution >= 4 is 36.0 Å². The first kappa shape index (κ1) is 37.4. The third kappa shape index (κ3) is 10.5. The highest BCUT2D eigenvalue weighted by Crippen LogP contribution is 2.45. The van der Waals surface area contributed by atoms with Crippen molar-refractivity contribution in [1.29, 1.82) is 0 Å². The Balaban J connectivity index is 1.55. The van der Waals surface area contributed by atoms with Gasteiger partial charge in [-0.2, -0.15) is 0 Å². The van der Waals surface area contributed by atoms with Gasteiger partial charge in [-0.05, 0) is 18.8 Å². The summed E-state index contributed by atoms with van der Waals surface area (Å²) in [6, 6.07) is 0. The van der Waals surface area contributed by atoms with Crippen LogP contribution in [0.25, 0.3) is 0 Å². The van der Waals surface area contributed by atoms with Gasteiger partial charge in [0.05, 0.1) is 13.1 Å². The number of nitrogens with zero attached hydrogens (tertiary/aromatic N) is 3. The molecule has 3 rings (SSSR count). The molecule has 5 atom stereocenters. The van der Waals surface area contributed by atoms with Gasteiger partial charge in [0.25, 0.3) is 5.91 Å². The molecule has 14 nitrogen and oxygen atoms in total. The van der Waals surface area contributed by atoms with Crippen LogP contribution in [0, 0.1) is 5.92 Å². The molecule has 5 N–H and O–H groups in total. The molecule has 0 aromatic carbocycles. The number of unbranched alkanes of at least 4 members (excludes halogenated alkanes) is 8. The zero-order chi connectivity index (χ0) is 33.6. The summed E-state index contributed by atoms with van der Waals surface area (Å²) in [4.78, 5) is 72.0. The van der Waals surface area contributed by atoms with E-state index in [2.05, 4.69) is 10.6 Å². The summed E-state index contributed by atoms with van der Waals surface area (Å²) in [6.07, 6.45) is 10.9. The maximum Gasteiger partial charge on any atom is 0.359 e. The Morgan fingerprint density at radius 2 is 1.07 bits per heavy atom. The van der Waals surface area contributed by atoms with E-state index < -0.39 is 24.2 Å². The van der Waals surface area contributed by atoms with E-state index in [1.807, 2.05) is 0 Å². The van der Waals surface area contributed by atoms with Gasteiger partial charge < -0.3 is 30.7 Å². The Morgan fingerprint density at radius 3 is 1.59 bits per heavy atom. The molecule has 0 spiro atoms. The first-order valence-corrected chi connectivity index (χ1v) is 17.2. The lowest BCUT2D eigenvalue weighted by molar-refractivity contribution is -1.22. The van der Waals surface area contributed by atoms with Crippen molar-refractivity contribution in [2.24, 2.45) is 5.92 Å². The highest BCUT2D eigenvalue weighted by atomic mass is 16.4. The van der Waals surface area contributed by atoms with E-state index in [1.54, 1.807) is 0 Å². The molecule has 14 heteroatoms. The summed E-state index contributed by atoms with van der Waals surface area (Å²) >= 11 is 0. The molecule has 3 saturated heterocycles. The predicted octanol–water partition coefficient (Wildman–Crippen LogP) is 1.13. The standard InChI is InChI=1S/C32H53N5O9/c38-21-9-7-5-3-1-2-4-6-8-13-33-27(39)10-14-34-28(40)23-35-15-11-26(22-29(41)42)12-16-36(24-30(43)44)18-20-37(19-17-35,32(35)36)25-31(45)46/h21,26,32H,1-20,22-25H2,(H2-3,33,34,39,40,41,42,43,44,45,46)/p+3. The molecule has 0 radical (unpaired) electrons. The molecule has 2 amide bonds. The molecular weight excluding hydrogens is 598 g/mol. The topological polar surface area (TPSA) is 187 Å². The lowest BCUT2D eigenvalue weighted by Gasteiger charge is -2.48. The van der Waals surface area contributed by atoms with Gasteiger partial charge >= 0.3 is 24.2 Å². The van der Waals surface area contributed by atoms with Gasteiger partial charge in [0.15, 0.2) is 19.6 Å². The lowest BCUT2D eigenvalue weighted by Crippen LogP contribution is -2.74. The van der Waals surface area contributed by atoms with Crippen molar-refractivity contribution in [2.45, 2.75) is 89.8 Å². The van der Waals surface area contributed by atoms with Crippen LogP contribution in [-0.4, -0.2) is 143 Å². The highest BCUT2D eigenvalue weighted by molar-refractivity contribution is 5.79. The number of carboxylic acid groups (broad SMARTS) is 3. The van der Waals surface area contributed by atoms with Crippen molar-refractivity contribution in [3.63, 3.8) is 0 Å². The van der Waals surface area contributed by atoms with Gasteiger partial charge in [0, 0.05) is 45.2 Å². The van der Waals surface area contributed by atoms with E-state index in [4.69, 9.17) is 0 Å². The molecule has 46 heavy (non-hydrogen) atoms. The number of nitrogens with one attached hydrogen (secondary N) is 2. The maximum atomic E-state index is 13.4. The van der Waals surface area contributed by atoms with Gasteiger partial charge in [-0.1, -0.05) is 38.5 Å². The Kier molecular flexibility index (Phi) is 14.4. The summed E-state index contributed by atoms with van der Waals surface area (Å²) in [5, 5.41) is 35.1. The van der Waals surface area contributed by atoms with Crippen LogP contribution in [0.15, 0.2) is 0 Å². The van der Waals surface area contributed by atoms with Crippen LogP contribution in [0.2, 0.25) is 0 Å². The first-order valence-electron chi connectivity index (χ1n) is 17.2. The average Bonchev–Trinajstić information content (AvgIpc) is 3.44. The largest absolute Gasteiger partial charge is 0.481 e. The number of amides is 2. The fourth-order valence-corrected chi connectivity index (χ4v) is 8.50. The number of carbonyl (C=O) groups is 6. The van der Waals surface area contributed by atoms with Crippen LogP contribution in [0.1, 0.15) is 83.5 Å². The van der Waals surface area contributed by atoms with Gasteiger partial charge in [-0.3, -0.25) is 14.4 Å². The van der Waals surface area contributed by atoms with Crippen LogP contribution < -0.4 is 10.6 Å². The second-order valence-electron chi connectivity index (χ2n) is 13.9. The Morgan fingerprint density at radius 1 is 0.587 bits per heavy atom. The Labute approximate surface area is 271 Å². The minimum atomic E-state index is -0.992. The second-order valence-corrected chi connectivity index (χ2v) is 13.9. The van der Waals surface area contributed by atoms with Gasteiger partial charge in [-0.25, -0.2) is 23.0 Å². The van der Waals surface area contributed by atoms with Crippen molar-refractivity contribution in [1.82, 2.24) is 10.6 Å². The third-order valence-electron chi connectivity index (χ3n) is 10.5. The predicted molar refractivity (Wildman–Crippen MR) is 167 cm³/mol. The van der Waals surface area contributed by atoms with E-state index in [0.29, 0.717) is 65.1 Å². The fourth-order valence-electron chi connectivity index (χ4n) is 8.50. The number of rotatable bonds is 22. The smallest absolute Gasteiger partial charge is 0.359 e. The lowest BCUT2D eigenvalue weighted by atomic mass is 9.94. The van der Waals surface area contributed by atoms with E-state index >= 15 is 0 Å². The summed E-state index contributed by atoms with van der Waals surface area (Å²) in [5.41, 5.74) is 0. The number of hydrogen-bond donors (Lipinski definition) is 5. The van der Waals surface area contributed by atoms with Crippen LogP contribution in [0.4, 0.5) is 0 Å². The van der Waals surface area contributed by atoms with E-state index in [9.17, 15) is 44.1 Å². The highest BCUT2D eigenvalue weighted by Gasteiger charge is 2.73. The summed E-state index contributed by atoms with van der Waals surface area (Å²) in [7, 11) is 0. The van der Waals surface area contributed by atoms with Crippen molar-refractivity contribution in [3.8, 4) is 0 Å². The van der Waals surface area contributed by atoms with E-state index in [1.165, 1.54) is 0 Å². The number of quaternary nitrogens is 3. The van der Waals surface area contributed by atoms with E-state index in [0.717, 1.165) is 57.7 Å². The molecule has 5 unspecified atom stereocenters. The Bertz CT molecular complexity index is 1090. The summed E-state index contributed by atoms with van der Waals surface area (Å²) in [6.45, 7) is 3.30. The Hall–Kier alpha value is -3.10. The maximum absolute atomic E-state index is 13.4. The minimum Gasteiger partial charge on any atom is -0.481 e. The molecule has 3 fully saturated rings. The first-order chi connectivity index (χ1) is 22.0. The molecule has 3 aliphatic heterocycles. The van der Waals surface area contributed by atoms with Crippen LogP contribution in [-0.2, 0) is 28.8 Å². The average molecular weight is 655 g/mol. The van der Waals surface area contributed by atoms with Crippen molar-refractivity contribution in [3.05, 3.63) is 0 Å². The van der Waals surface area contributed by atoms with E-state index in [-0.39, 0.29) is 70.2 Å². The number of aliphatic carboxylic acids is 3. The van der Waals surface area contributed by atoms with Gasteiger partial charge in [0.2, 0.25) is 5.91 Å². The van der Waals surface area contributed by atoms with Gasteiger partial charge in [-0.15, -0.1) is 0 Å². The normalized spacial score (nSPS) is 28.4. The quantitative estimate of drug-likeness (QED) is 0.0648. The van der Waals surface area contributed by atoms with Crippen molar-refractivity contribution in [2.75, 3.05) is 72.0 Å².